The van der Waals surface area contributed by atoms with E-state index in [9.17, 15) is 4.79 Å². The number of nitrogens with one attached hydrogen (secondary N) is 2. The number of aromatic nitrogens is 2. The number of aromatic amines is 1. The Morgan fingerprint density at radius 1 is 1.15 bits per heavy atom. The molecular weight excluding hydrogens is 338 g/mol. The van der Waals surface area contributed by atoms with Crippen molar-refractivity contribution in [1.82, 2.24) is 20.2 Å². The molecule has 140 valence electrons. The number of carbonyl (C=O) groups is 1. The largest absolute Gasteiger partial charge is 0.368 e. The number of benzene rings is 1. The molecule has 1 fully saturated rings. The van der Waals surface area contributed by atoms with Crippen LogP contribution in [0.1, 0.15) is 16.1 Å². The van der Waals surface area contributed by atoms with Crippen LogP contribution in [0.5, 0.6) is 0 Å². The van der Waals surface area contributed by atoms with Gasteiger partial charge in [0.2, 0.25) is 0 Å². The molecule has 27 heavy (non-hydrogen) atoms. The molecule has 0 spiro atoms. The second-order valence-electron chi connectivity index (χ2n) is 7.06. The van der Waals surface area contributed by atoms with Crippen molar-refractivity contribution in [3.8, 4) is 0 Å². The summed E-state index contributed by atoms with van der Waals surface area (Å²) in [5.41, 5.74) is 3.88. The molecule has 0 radical (unpaired) electrons. The van der Waals surface area contributed by atoms with Crippen molar-refractivity contribution in [3.63, 3.8) is 0 Å². The molecule has 6 nitrogen and oxygen atoms in total. The molecule has 4 rings (SSSR count). The fraction of sp³-hybridized carbons (Fsp3) is 0.333. The molecule has 0 aliphatic carbocycles. The zero-order valence-electron chi connectivity index (χ0n) is 15.6. The van der Waals surface area contributed by atoms with Crippen molar-refractivity contribution in [3.05, 3.63) is 60.0 Å². The van der Waals surface area contributed by atoms with E-state index in [0.29, 0.717) is 12.2 Å². The van der Waals surface area contributed by atoms with Gasteiger partial charge in [0.25, 0.3) is 5.91 Å². The normalized spacial score (nSPS) is 15.2. The topological polar surface area (TPSA) is 64.3 Å². The van der Waals surface area contributed by atoms with E-state index in [-0.39, 0.29) is 5.91 Å². The summed E-state index contributed by atoms with van der Waals surface area (Å²) in [7, 11) is 2.14. The number of piperazine rings is 1. The maximum absolute atomic E-state index is 12.4. The predicted molar refractivity (Wildman–Crippen MR) is 108 cm³/mol. The molecule has 2 aromatic heterocycles. The summed E-state index contributed by atoms with van der Waals surface area (Å²) >= 11 is 0. The monoisotopic (exact) mass is 363 g/mol. The summed E-state index contributed by atoms with van der Waals surface area (Å²) in [5, 5.41) is 4.18. The summed E-state index contributed by atoms with van der Waals surface area (Å²) in [6.07, 6.45) is 4.61. The van der Waals surface area contributed by atoms with Crippen LogP contribution in [0.3, 0.4) is 0 Å². The zero-order chi connectivity index (χ0) is 18.6. The highest BCUT2D eigenvalue weighted by molar-refractivity contribution is 5.92. The fourth-order valence-corrected chi connectivity index (χ4v) is 3.51. The van der Waals surface area contributed by atoms with E-state index < -0.39 is 0 Å². The molecule has 1 amide bonds. The van der Waals surface area contributed by atoms with Crippen LogP contribution in [0.25, 0.3) is 10.9 Å². The fourth-order valence-electron chi connectivity index (χ4n) is 3.51. The zero-order valence-corrected chi connectivity index (χ0v) is 15.6. The first-order valence-corrected chi connectivity index (χ1v) is 9.43. The van der Waals surface area contributed by atoms with Gasteiger partial charge in [0.1, 0.15) is 5.69 Å². The van der Waals surface area contributed by atoms with E-state index in [2.05, 4.69) is 44.3 Å². The molecule has 3 heterocycles. The van der Waals surface area contributed by atoms with Gasteiger partial charge in [-0.1, -0.05) is 18.2 Å². The first-order valence-electron chi connectivity index (χ1n) is 9.43. The third-order valence-corrected chi connectivity index (χ3v) is 5.20. The number of carbonyl (C=O) groups excluding carboxylic acids is 1. The molecule has 0 unspecified atom stereocenters. The van der Waals surface area contributed by atoms with Crippen molar-refractivity contribution < 1.29 is 4.79 Å². The van der Waals surface area contributed by atoms with Crippen molar-refractivity contribution in [2.45, 2.75) is 6.42 Å². The smallest absolute Gasteiger partial charge is 0.269 e. The van der Waals surface area contributed by atoms with Gasteiger partial charge in [-0.25, -0.2) is 4.98 Å². The Morgan fingerprint density at radius 2 is 1.96 bits per heavy atom. The van der Waals surface area contributed by atoms with Crippen molar-refractivity contribution in [2.75, 3.05) is 44.7 Å². The van der Waals surface area contributed by atoms with E-state index in [1.807, 2.05) is 30.5 Å². The molecule has 6 heteroatoms. The molecule has 0 bridgehead atoms. The Labute approximate surface area is 159 Å². The molecule has 0 saturated carbocycles. The summed E-state index contributed by atoms with van der Waals surface area (Å²) in [6, 6.07) is 12.0. The van der Waals surface area contributed by atoms with Gasteiger partial charge in [-0.3, -0.25) is 4.79 Å². The number of para-hydroxylation sites is 1. The highest BCUT2D eigenvalue weighted by Gasteiger charge is 2.15. The maximum Gasteiger partial charge on any atom is 0.269 e. The quantitative estimate of drug-likeness (QED) is 0.730. The van der Waals surface area contributed by atoms with E-state index in [1.165, 1.54) is 10.9 Å². The Morgan fingerprint density at radius 3 is 2.74 bits per heavy atom. The average molecular weight is 363 g/mol. The Hall–Kier alpha value is -2.86. The molecule has 1 aliphatic heterocycles. The van der Waals surface area contributed by atoms with Crippen LogP contribution in [-0.2, 0) is 6.42 Å². The van der Waals surface area contributed by atoms with Crippen LogP contribution in [-0.4, -0.2) is 60.5 Å². The Bertz CT molecular complexity index is 910. The number of likely N-dealkylation sites (N-methyl/N-ethyl adjacent to an activating group) is 1. The number of nitrogens with zero attached hydrogens (tertiary/aromatic N) is 3. The molecule has 1 aromatic carbocycles. The highest BCUT2D eigenvalue weighted by atomic mass is 16.1. The molecule has 1 saturated heterocycles. The van der Waals surface area contributed by atoms with Crippen molar-refractivity contribution in [1.29, 1.82) is 0 Å². The van der Waals surface area contributed by atoms with Crippen LogP contribution in [0.4, 0.5) is 5.69 Å². The van der Waals surface area contributed by atoms with E-state index >= 15 is 0 Å². The second kappa shape index (κ2) is 7.80. The first-order chi connectivity index (χ1) is 13.2. The Balaban J connectivity index is 1.32. The summed E-state index contributed by atoms with van der Waals surface area (Å²) in [6.45, 7) is 4.68. The predicted octanol–water partition coefficient (Wildman–Crippen LogP) is 2.29. The standard InChI is InChI=1S/C21H25N5O/c1-25-10-12-26(13-11-25)17-6-7-20(24-15-17)21(27)22-9-8-16-14-23-19-5-3-2-4-18(16)19/h2-7,14-15,23H,8-13H2,1H3,(H,22,27). The molecule has 2 N–H and O–H groups in total. The third-order valence-electron chi connectivity index (χ3n) is 5.20. The van der Waals surface area contributed by atoms with E-state index in [1.54, 1.807) is 6.20 Å². The van der Waals surface area contributed by atoms with Gasteiger partial charge >= 0.3 is 0 Å². The minimum atomic E-state index is -0.125. The lowest BCUT2D eigenvalue weighted by molar-refractivity contribution is 0.0949. The van der Waals surface area contributed by atoms with Crippen molar-refractivity contribution >= 4 is 22.5 Å². The number of fused-ring (bicyclic) bond motifs is 1. The van der Waals surface area contributed by atoms with Crippen LogP contribution in [0.15, 0.2) is 48.8 Å². The number of anilines is 1. The van der Waals surface area contributed by atoms with Crippen LogP contribution in [0.2, 0.25) is 0 Å². The SMILES string of the molecule is CN1CCN(c2ccc(C(=O)NCCc3c[nH]c4ccccc34)nc2)CC1. The van der Waals surface area contributed by atoms with Gasteiger partial charge in [0.05, 0.1) is 11.9 Å². The van der Waals surface area contributed by atoms with E-state index in [0.717, 1.165) is 43.8 Å². The summed E-state index contributed by atoms with van der Waals surface area (Å²) in [4.78, 5) is 24.6. The lowest BCUT2D eigenvalue weighted by Gasteiger charge is -2.33. The van der Waals surface area contributed by atoms with Gasteiger partial charge in [0.15, 0.2) is 0 Å². The minimum Gasteiger partial charge on any atom is -0.368 e. The highest BCUT2D eigenvalue weighted by Crippen LogP contribution is 2.18. The molecule has 1 aliphatic rings. The van der Waals surface area contributed by atoms with E-state index in [4.69, 9.17) is 0 Å². The lowest BCUT2D eigenvalue weighted by Crippen LogP contribution is -2.44. The van der Waals surface area contributed by atoms with Gasteiger partial charge in [-0.05, 0) is 37.2 Å². The number of amides is 1. The number of H-pyrrole nitrogens is 1. The third kappa shape index (κ3) is 3.95. The number of hydrogen-bond donors (Lipinski definition) is 2. The van der Waals surface area contributed by atoms with Gasteiger partial charge in [-0.15, -0.1) is 0 Å². The maximum atomic E-state index is 12.4. The van der Waals surface area contributed by atoms with Crippen molar-refractivity contribution in [2.24, 2.45) is 0 Å². The minimum absolute atomic E-state index is 0.125. The summed E-state index contributed by atoms with van der Waals surface area (Å²) in [5.74, 6) is -0.125. The van der Waals surface area contributed by atoms with Crippen LogP contribution < -0.4 is 10.2 Å². The lowest BCUT2D eigenvalue weighted by atomic mass is 10.1. The molecule has 0 atom stereocenters. The van der Waals surface area contributed by atoms with Gasteiger partial charge in [-0.2, -0.15) is 0 Å². The van der Waals surface area contributed by atoms with Gasteiger partial charge < -0.3 is 20.1 Å². The number of pyridine rings is 1. The average Bonchev–Trinajstić information content (AvgIpc) is 3.12. The van der Waals surface area contributed by atoms with Gasteiger partial charge in [0, 0.05) is 49.8 Å². The van der Waals surface area contributed by atoms with Crippen LogP contribution >= 0.6 is 0 Å². The molecule has 3 aromatic rings. The van der Waals surface area contributed by atoms with Crippen LogP contribution in [0, 0.1) is 0 Å². The number of hydrogen-bond acceptors (Lipinski definition) is 4. The molecular formula is C21H25N5O. The second-order valence-corrected chi connectivity index (χ2v) is 7.06. The Kier molecular flexibility index (Phi) is 5.07. The number of rotatable bonds is 5. The first kappa shape index (κ1) is 17.5. The summed E-state index contributed by atoms with van der Waals surface area (Å²) < 4.78 is 0.